The maximum atomic E-state index is 13.6. The van der Waals surface area contributed by atoms with E-state index in [0.29, 0.717) is 32.0 Å². The van der Waals surface area contributed by atoms with Crippen molar-refractivity contribution < 1.29 is 14.3 Å². The van der Waals surface area contributed by atoms with Crippen LogP contribution in [0.5, 0.6) is 5.75 Å². The van der Waals surface area contributed by atoms with Gasteiger partial charge in [-0.1, -0.05) is 18.2 Å². The molecule has 35 heavy (non-hydrogen) atoms. The van der Waals surface area contributed by atoms with E-state index >= 15 is 0 Å². The van der Waals surface area contributed by atoms with Crippen molar-refractivity contribution >= 4 is 17.5 Å². The predicted molar refractivity (Wildman–Crippen MR) is 134 cm³/mol. The molecular formula is C26H32N6O3. The van der Waals surface area contributed by atoms with E-state index in [1.807, 2.05) is 62.5 Å². The summed E-state index contributed by atoms with van der Waals surface area (Å²) in [4.78, 5) is 36.3. The first-order valence-electron chi connectivity index (χ1n) is 11.8. The van der Waals surface area contributed by atoms with Crippen LogP contribution in [0.15, 0.2) is 48.5 Å². The third kappa shape index (κ3) is 5.51. The van der Waals surface area contributed by atoms with Crippen LogP contribution in [-0.2, 0) is 11.3 Å². The van der Waals surface area contributed by atoms with Crippen molar-refractivity contribution in [3.05, 3.63) is 65.7 Å². The number of fused-ring (bicyclic) bond motifs is 1. The topological polar surface area (TPSA) is 83.8 Å². The monoisotopic (exact) mass is 476 g/mol. The molecule has 1 aromatic heterocycles. The minimum absolute atomic E-state index is 0.00671. The molecular weight excluding hydrogens is 444 g/mol. The van der Waals surface area contributed by atoms with E-state index in [-0.39, 0.29) is 17.6 Å². The second-order valence-corrected chi connectivity index (χ2v) is 8.78. The van der Waals surface area contributed by atoms with Crippen molar-refractivity contribution in [2.75, 3.05) is 45.2 Å². The fraction of sp³-hybridized carbons (Fsp3) is 0.385. The van der Waals surface area contributed by atoms with E-state index in [4.69, 9.17) is 4.74 Å². The molecule has 9 heteroatoms. The van der Waals surface area contributed by atoms with Gasteiger partial charge in [0.25, 0.3) is 5.91 Å². The Labute approximate surface area is 205 Å². The largest absolute Gasteiger partial charge is 0.497 e. The lowest BCUT2D eigenvalue weighted by Crippen LogP contribution is -2.38. The zero-order valence-electron chi connectivity index (χ0n) is 20.8. The smallest absolute Gasteiger partial charge is 0.293 e. The summed E-state index contributed by atoms with van der Waals surface area (Å²) in [5, 5.41) is 4.54. The normalized spacial score (nSPS) is 15.3. The summed E-state index contributed by atoms with van der Waals surface area (Å²) in [6.07, 6.45) is 0.853. The number of ether oxygens (including phenoxy) is 1. The van der Waals surface area contributed by atoms with Gasteiger partial charge in [0, 0.05) is 38.8 Å². The predicted octanol–water partition coefficient (Wildman–Crippen LogP) is 2.92. The van der Waals surface area contributed by atoms with Crippen LogP contribution in [0, 0.1) is 6.92 Å². The van der Waals surface area contributed by atoms with Crippen LogP contribution < -0.4 is 9.64 Å². The number of likely N-dealkylation sites (N-methyl/N-ethyl adjacent to an activating group) is 1. The van der Waals surface area contributed by atoms with Gasteiger partial charge in [-0.3, -0.25) is 9.59 Å². The maximum absolute atomic E-state index is 13.6. The van der Waals surface area contributed by atoms with E-state index in [1.54, 1.807) is 28.5 Å². The van der Waals surface area contributed by atoms with Gasteiger partial charge in [-0.15, -0.1) is 5.10 Å². The first kappa shape index (κ1) is 24.4. The lowest BCUT2D eigenvalue weighted by atomic mass is 10.1. The van der Waals surface area contributed by atoms with Gasteiger partial charge >= 0.3 is 0 Å². The average Bonchev–Trinajstić information content (AvgIpc) is 3.24. The number of para-hydroxylation sites is 1. The Balaban J connectivity index is 1.66. The van der Waals surface area contributed by atoms with Crippen LogP contribution in [-0.4, -0.2) is 76.7 Å². The fourth-order valence-electron chi connectivity index (χ4n) is 4.31. The number of rotatable bonds is 3. The minimum Gasteiger partial charge on any atom is -0.497 e. The van der Waals surface area contributed by atoms with E-state index < -0.39 is 0 Å². The molecule has 1 aliphatic rings. The third-order valence-corrected chi connectivity index (χ3v) is 6.26. The van der Waals surface area contributed by atoms with Crippen molar-refractivity contribution in [3.8, 4) is 11.4 Å². The zero-order chi connectivity index (χ0) is 24.9. The molecule has 0 saturated carbocycles. The Hall–Kier alpha value is -3.72. The molecule has 1 aliphatic heterocycles. The Kier molecular flexibility index (Phi) is 7.45. The van der Waals surface area contributed by atoms with Crippen molar-refractivity contribution in [1.29, 1.82) is 0 Å². The molecule has 0 atom stereocenters. The first-order valence-corrected chi connectivity index (χ1v) is 11.8. The quantitative estimate of drug-likeness (QED) is 0.578. The molecule has 0 saturated heterocycles. The first-order chi connectivity index (χ1) is 16.9. The number of carbonyl (C=O) groups is 2. The summed E-state index contributed by atoms with van der Waals surface area (Å²) >= 11 is 0. The lowest BCUT2D eigenvalue weighted by molar-refractivity contribution is -0.116. The molecule has 9 nitrogen and oxygen atoms in total. The van der Waals surface area contributed by atoms with Gasteiger partial charge in [-0.25, -0.2) is 9.67 Å². The zero-order valence-corrected chi connectivity index (χ0v) is 20.8. The molecule has 184 valence electrons. The van der Waals surface area contributed by atoms with Crippen LogP contribution in [0.2, 0.25) is 0 Å². The van der Waals surface area contributed by atoms with Crippen molar-refractivity contribution in [1.82, 2.24) is 24.6 Å². The molecule has 0 spiro atoms. The van der Waals surface area contributed by atoms with Crippen LogP contribution in [0.3, 0.4) is 0 Å². The summed E-state index contributed by atoms with van der Waals surface area (Å²) in [5.41, 5.74) is 2.57. The molecule has 0 bridgehead atoms. The summed E-state index contributed by atoms with van der Waals surface area (Å²) in [7, 11) is 3.65. The molecule has 0 radical (unpaired) electrons. The summed E-state index contributed by atoms with van der Waals surface area (Å²) in [5.74, 6) is 1.27. The Bertz CT molecular complexity index is 1190. The van der Waals surface area contributed by atoms with Gasteiger partial charge in [-0.2, -0.15) is 0 Å². The van der Waals surface area contributed by atoms with E-state index in [2.05, 4.69) is 15.0 Å². The Morgan fingerprint density at radius 2 is 1.71 bits per heavy atom. The molecule has 0 unspecified atom stereocenters. The Morgan fingerprint density at radius 1 is 0.971 bits per heavy atom. The van der Waals surface area contributed by atoms with Crippen molar-refractivity contribution in [3.63, 3.8) is 0 Å². The summed E-state index contributed by atoms with van der Waals surface area (Å²) in [6.45, 7) is 6.49. The van der Waals surface area contributed by atoms with E-state index in [0.717, 1.165) is 35.7 Å². The third-order valence-electron chi connectivity index (χ3n) is 6.26. The van der Waals surface area contributed by atoms with Gasteiger partial charge in [0.2, 0.25) is 11.7 Å². The molecule has 2 aromatic carbocycles. The van der Waals surface area contributed by atoms with Gasteiger partial charge < -0.3 is 19.4 Å². The fourth-order valence-corrected chi connectivity index (χ4v) is 4.31. The summed E-state index contributed by atoms with van der Waals surface area (Å²) in [6, 6.07) is 15.2. The van der Waals surface area contributed by atoms with Gasteiger partial charge in [0.05, 0.1) is 12.8 Å². The van der Waals surface area contributed by atoms with E-state index in [9.17, 15) is 9.59 Å². The van der Waals surface area contributed by atoms with E-state index in [1.165, 1.54) is 0 Å². The average molecular weight is 477 g/mol. The molecule has 3 aromatic rings. The second-order valence-electron chi connectivity index (χ2n) is 8.78. The maximum Gasteiger partial charge on any atom is 0.293 e. The number of hydrogen-bond donors (Lipinski definition) is 0. The number of aromatic nitrogens is 3. The van der Waals surface area contributed by atoms with Gasteiger partial charge in [0.15, 0.2) is 0 Å². The number of anilines is 1. The van der Waals surface area contributed by atoms with Crippen LogP contribution in [0.25, 0.3) is 5.69 Å². The van der Waals surface area contributed by atoms with Crippen molar-refractivity contribution in [2.45, 2.75) is 26.8 Å². The standard InChI is InChI=1S/C26H32N6O3/c1-19-27-25(28-32(19)22-10-12-23(35-4)13-11-22)26(34)30-17-16-29(3)14-7-15-31(20(2)33)24-9-6-5-8-21(24)18-30/h5-6,8-13H,7,14-18H2,1-4H3. The molecule has 0 fully saturated rings. The van der Waals surface area contributed by atoms with Gasteiger partial charge in [0.1, 0.15) is 11.6 Å². The number of nitrogens with zero attached hydrogens (tertiary/aromatic N) is 6. The highest BCUT2D eigenvalue weighted by molar-refractivity contribution is 5.93. The second kappa shape index (κ2) is 10.7. The number of methoxy groups -OCH3 is 1. The number of amides is 2. The number of carbonyl (C=O) groups excluding carboxylic acids is 2. The van der Waals surface area contributed by atoms with Crippen LogP contribution >= 0.6 is 0 Å². The van der Waals surface area contributed by atoms with Gasteiger partial charge in [-0.05, 0) is 62.8 Å². The molecule has 2 heterocycles. The highest BCUT2D eigenvalue weighted by atomic mass is 16.5. The van der Waals surface area contributed by atoms with Crippen molar-refractivity contribution in [2.24, 2.45) is 0 Å². The summed E-state index contributed by atoms with van der Waals surface area (Å²) < 4.78 is 6.90. The highest BCUT2D eigenvalue weighted by Crippen LogP contribution is 2.24. The van der Waals surface area contributed by atoms with Crippen LogP contribution in [0.4, 0.5) is 5.69 Å². The molecule has 0 aliphatic carbocycles. The highest BCUT2D eigenvalue weighted by Gasteiger charge is 2.25. The molecule has 0 N–H and O–H groups in total. The molecule has 4 rings (SSSR count). The lowest BCUT2D eigenvalue weighted by Gasteiger charge is -2.26. The minimum atomic E-state index is -0.239. The Morgan fingerprint density at radius 3 is 2.43 bits per heavy atom. The number of benzene rings is 2. The van der Waals surface area contributed by atoms with Crippen LogP contribution in [0.1, 0.15) is 35.4 Å². The number of hydrogen-bond acceptors (Lipinski definition) is 6. The SMILES string of the molecule is COc1ccc(-n2nc(C(=O)N3CCN(C)CCCN(C(C)=O)c4ccccc4C3)nc2C)cc1. The molecule has 2 amide bonds. The number of aryl methyl sites for hydroxylation is 1.